The third kappa shape index (κ3) is 5.14. The first kappa shape index (κ1) is 14.2. The fourth-order valence-electron chi connectivity index (χ4n) is 1.26. The molecule has 0 aromatic rings. The molecule has 0 aliphatic heterocycles. The van der Waals surface area contributed by atoms with Crippen molar-refractivity contribution in [3.05, 3.63) is 0 Å². The summed E-state index contributed by atoms with van der Waals surface area (Å²) in [5.74, 6) is 0.744. The molecule has 0 saturated heterocycles. The van der Waals surface area contributed by atoms with E-state index in [1.807, 2.05) is 6.92 Å². The molecule has 0 heterocycles. The lowest BCUT2D eigenvalue weighted by molar-refractivity contribution is 0.547. The minimum absolute atomic E-state index is 0. The largest absolute Gasteiger partial charge is 0.326 e. The highest BCUT2D eigenvalue weighted by molar-refractivity contribution is 7.89. The second-order valence-electron chi connectivity index (χ2n) is 3.67. The van der Waals surface area contributed by atoms with Crippen LogP contribution >= 0.6 is 12.4 Å². The molecular weight excluding hydrogens is 224 g/mol. The maximum absolute atomic E-state index is 11.2. The number of rotatable bonds is 6. The number of halogens is 1. The number of nitrogens with two attached hydrogens (primary N) is 1. The van der Waals surface area contributed by atoms with Crippen molar-refractivity contribution in [1.82, 2.24) is 4.72 Å². The van der Waals surface area contributed by atoms with Gasteiger partial charge in [0.1, 0.15) is 0 Å². The molecule has 0 radical (unpaired) electrons. The Morgan fingerprint density at radius 1 is 1.50 bits per heavy atom. The molecule has 0 amide bonds. The molecule has 1 unspecified atom stereocenters. The van der Waals surface area contributed by atoms with Gasteiger partial charge in [-0.05, 0) is 25.2 Å². The summed E-state index contributed by atoms with van der Waals surface area (Å²) in [5, 5.41) is 0. The van der Waals surface area contributed by atoms with Crippen LogP contribution in [0.5, 0.6) is 0 Å². The van der Waals surface area contributed by atoms with Gasteiger partial charge in [0.15, 0.2) is 0 Å². The average molecular weight is 243 g/mol. The van der Waals surface area contributed by atoms with Gasteiger partial charge in [-0.2, -0.15) is 0 Å². The quantitative estimate of drug-likeness (QED) is 0.712. The number of hydrogen-bond acceptors (Lipinski definition) is 3. The van der Waals surface area contributed by atoms with Crippen LogP contribution in [0.25, 0.3) is 0 Å². The minimum Gasteiger partial charge on any atom is -0.326 e. The molecule has 4 nitrogen and oxygen atoms in total. The highest BCUT2D eigenvalue weighted by atomic mass is 35.5. The maximum atomic E-state index is 11.2. The van der Waals surface area contributed by atoms with Gasteiger partial charge < -0.3 is 5.73 Å². The molecule has 86 valence electrons. The highest BCUT2D eigenvalue weighted by Gasteiger charge is 2.28. The Morgan fingerprint density at radius 3 is 2.50 bits per heavy atom. The van der Waals surface area contributed by atoms with Gasteiger partial charge >= 0.3 is 0 Å². The van der Waals surface area contributed by atoms with Crippen molar-refractivity contribution in [3.63, 3.8) is 0 Å². The summed E-state index contributed by atoms with van der Waals surface area (Å²) in [6.45, 7) is 2.24. The molecule has 1 rings (SSSR count). The first-order valence-corrected chi connectivity index (χ1v) is 6.43. The predicted octanol–water partition coefficient (Wildman–Crippen LogP) is 0.475. The Hall–Kier alpha value is 0.160. The molecule has 1 aliphatic rings. The topological polar surface area (TPSA) is 72.2 Å². The van der Waals surface area contributed by atoms with Crippen LogP contribution in [0, 0.1) is 5.92 Å². The van der Waals surface area contributed by atoms with Crippen LogP contribution in [-0.4, -0.2) is 26.8 Å². The molecule has 0 spiro atoms. The van der Waals surface area contributed by atoms with Gasteiger partial charge in [0.2, 0.25) is 10.0 Å². The third-order valence-electron chi connectivity index (χ3n) is 2.24. The fraction of sp³-hybridized carbons (Fsp3) is 1.00. The lowest BCUT2D eigenvalue weighted by Gasteiger charge is -2.11. The Kier molecular flexibility index (Phi) is 5.97. The zero-order chi connectivity index (χ0) is 9.90. The van der Waals surface area contributed by atoms with Crippen LogP contribution in [0.2, 0.25) is 0 Å². The Labute approximate surface area is 92.1 Å². The summed E-state index contributed by atoms with van der Waals surface area (Å²) in [5.41, 5.74) is 5.76. The summed E-state index contributed by atoms with van der Waals surface area (Å²) in [7, 11) is -3.06. The molecule has 1 fully saturated rings. The van der Waals surface area contributed by atoms with E-state index in [4.69, 9.17) is 5.73 Å². The predicted molar refractivity (Wildman–Crippen MR) is 60.0 cm³/mol. The van der Waals surface area contributed by atoms with Crippen molar-refractivity contribution in [3.8, 4) is 0 Å². The molecule has 0 aromatic carbocycles. The van der Waals surface area contributed by atoms with Crippen LogP contribution in [-0.2, 0) is 10.0 Å². The van der Waals surface area contributed by atoms with Crippen molar-refractivity contribution in [2.75, 3.05) is 12.3 Å². The zero-order valence-electron chi connectivity index (χ0n) is 8.40. The van der Waals surface area contributed by atoms with Crippen LogP contribution in [0.3, 0.4) is 0 Å². The summed E-state index contributed by atoms with van der Waals surface area (Å²) in [6, 6.07) is 0.00614. The molecule has 3 N–H and O–H groups in total. The number of nitrogens with one attached hydrogen (secondary N) is 1. The van der Waals surface area contributed by atoms with E-state index in [2.05, 4.69) is 4.72 Å². The van der Waals surface area contributed by atoms with E-state index in [1.54, 1.807) is 0 Å². The van der Waals surface area contributed by atoms with Gasteiger partial charge in [-0.3, -0.25) is 0 Å². The Bertz CT molecular complexity index is 252. The monoisotopic (exact) mass is 242 g/mol. The normalized spacial score (nSPS) is 18.7. The van der Waals surface area contributed by atoms with E-state index in [9.17, 15) is 8.42 Å². The van der Waals surface area contributed by atoms with Crippen molar-refractivity contribution in [2.24, 2.45) is 11.7 Å². The van der Waals surface area contributed by atoms with Gasteiger partial charge in [0, 0.05) is 12.6 Å². The number of hydrogen-bond donors (Lipinski definition) is 2. The van der Waals surface area contributed by atoms with Crippen molar-refractivity contribution in [2.45, 2.75) is 32.2 Å². The van der Waals surface area contributed by atoms with Gasteiger partial charge in [0.25, 0.3) is 0 Å². The lowest BCUT2D eigenvalue weighted by Crippen LogP contribution is -2.39. The van der Waals surface area contributed by atoms with Crippen LogP contribution < -0.4 is 10.5 Å². The van der Waals surface area contributed by atoms with Crippen LogP contribution in [0.4, 0.5) is 0 Å². The van der Waals surface area contributed by atoms with Gasteiger partial charge in [-0.15, -0.1) is 12.4 Å². The number of sulfonamides is 1. The van der Waals surface area contributed by atoms with E-state index in [-0.39, 0.29) is 24.2 Å². The van der Waals surface area contributed by atoms with E-state index in [1.165, 1.54) is 0 Å². The maximum Gasteiger partial charge on any atom is 0.211 e. The molecule has 14 heavy (non-hydrogen) atoms. The fourth-order valence-corrected chi connectivity index (χ4v) is 2.38. The lowest BCUT2D eigenvalue weighted by atomic mass is 10.2. The molecule has 6 heteroatoms. The molecule has 0 aromatic heterocycles. The molecule has 1 atom stereocenters. The summed E-state index contributed by atoms with van der Waals surface area (Å²) >= 11 is 0. The van der Waals surface area contributed by atoms with Crippen molar-refractivity contribution in [1.29, 1.82) is 0 Å². The first-order valence-electron chi connectivity index (χ1n) is 4.78. The van der Waals surface area contributed by atoms with E-state index >= 15 is 0 Å². The molecule has 1 aliphatic carbocycles. The van der Waals surface area contributed by atoms with Gasteiger partial charge in [-0.25, -0.2) is 13.1 Å². The third-order valence-corrected chi connectivity index (χ3v) is 3.79. The van der Waals surface area contributed by atoms with E-state index < -0.39 is 10.0 Å². The highest BCUT2D eigenvalue weighted by Crippen LogP contribution is 2.31. The van der Waals surface area contributed by atoms with Gasteiger partial charge in [0.05, 0.1) is 5.75 Å². The summed E-state index contributed by atoms with van der Waals surface area (Å²) in [4.78, 5) is 0. The smallest absolute Gasteiger partial charge is 0.211 e. The van der Waals surface area contributed by atoms with Crippen LogP contribution in [0.15, 0.2) is 0 Å². The average Bonchev–Trinajstić information content (AvgIpc) is 2.82. The van der Waals surface area contributed by atoms with Gasteiger partial charge in [-0.1, -0.05) is 6.92 Å². The summed E-state index contributed by atoms with van der Waals surface area (Å²) < 4.78 is 25.0. The van der Waals surface area contributed by atoms with E-state index in [0.29, 0.717) is 18.9 Å². The minimum atomic E-state index is -3.06. The van der Waals surface area contributed by atoms with Crippen molar-refractivity contribution < 1.29 is 8.42 Å². The van der Waals surface area contributed by atoms with Crippen molar-refractivity contribution >= 4 is 22.4 Å². The Balaban J connectivity index is 0.00000169. The first-order chi connectivity index (χ1) is 6.05. The van der Waals surface area contributed by atoms with E-state index in [0.717, 1.165) is 12.8 Å². The molecular formula is C8H19ClN2O2S. The standard InChI is InChI=1S/C8H18N2O2S.ClH/c1-2-5-13(11,12)10-6-8(9)7-3-4-7;/h7-8,10H,2-6,9H2,1H3;1H. The Morgan fingerprint density at radius 2 is 2.07 bits per heavy atom. The SMILES string of the molecule is CCCS(=O)(=O)NCC(N)C1CC1.Cl. The second kappa shape index (κ2) is 5.90. The zero-order valence-corrected chi connectivity index (χ0v) is 10.0. The summed E-state index contributed by atoms with van der Waals surface area (Å²) in [6.07, 6.45) is 2.95. The second-order valence-corrected chi connectivity index (χ2v) is 5.60. The van der Waals surface area contributed by atoms with Crippen LogP contribution in [0.1, 0.15) is 26.2 Å². The molecule has 0 bridgehead atoms. The molecule has 1 saturated carbocycles.